The first kappa shape index (κ1) is 9.85. The summed E-state index contributed by atoms with van der Waals surface area (Å²) in [5.41, 5.74) is 8.26. The van der Waals surface area contributed by atoms with Crippen LogP contribution in [-0.4, -0.2) is 16.0 Å². The van der Waals surface area contributed by atoms with E-state index in [0.29, 0.717) is 6.04 Å². The fourth-order valence-corrected chi connectivity index (χ4v) is 2.19. The molecule has 3 nitrogen and oxygen atoms in total. The number of nitrogens with two attached hydrogens (primary N) is 1. The highest BCUT2D eigenvalue weighted by atomic mass is 14.9. The van der Waals surface area contributed by atoms with Crippen molar-refractivity contribution >= 4 is 11.0 Å². The topological polar surface area (TPSA) is 54.7 Å². The van der Waals surface area contributed by atoms with Crippen LogP contribution in [0.4, 0.5) is 0 Å². The SMILES string of the molecule is NC(CCc1nc2ccccc2[nH]1)C1CC1. The summed E-state index contributed by atoms with van der Waals surface area (Å²) < 4.78 is 0. The molecule has 0 bridgehead atoms. The van der Waals surface area contributed by atoms with Crippen LogP contribution >= 0.6 is 0 Å². The van der Waals surface area contributed by atoms with E-state index in [-0.39, 0.29) is 0 Å². The first-order chi connectivity index (χ1) is 7.83. The quantitative estimate of drug-likeness (QED) is 0.821. The van der Waals surface area contributed by atoms with Gasteiger partial charge in [0.25, 0.3) is 0 Å². The summed E-state index contributed by atoms with van der Waals surface area (Å²) in [6.07, 6.45) is 4.65. The largest absolute Gasteiger partial charge is 0.342 e. The molecule has 0 radical (unpaired) electrons. The Kier molecular flexibility index (Phi) is 2.40. The molecule has 0 aliphatic heterocycles. The van der Waals surface area contributed by atoms with Gasteiger partial charge in [0.2, 0.25) is 0 Å². The van der Waals surface area contributed by atoms with E-state index in [0.717, 1.165) is 35.6 Å². The molecular weight excluding hydrogens is 198 g/mol. The summed E-state index contributed by atoms with van der Waals surface area (Å²) in [6, 6.07) is 8.51. The van der Waals surface area contributed by atoms with Crippen molar-refractivity contribution in [1.82, 2.24) is 9.97 Å². The number of hydrogen-bond donors (Lipinski definition) is 2. The standard InChI is InChI=1S/C13H17N3/c14-10(9-5-6-9)7-8-13-15-11-3-1-2-4-12(11)16-13/h1-4,9-10H,5-8,14H2,(H,15,16). The number of para-hydroxylation sites is 2. The van der Waals surface area contributed by atoms with Gasteiger partial charge in [0, 0.05) is 12.5 Å². The number of aryl methyl sites for hydroxylation is 1. The zero-order chi connectivity index (χ0) is 11.0. The summed E-state index contributed by atoms with van der Waals surface area (Å²) in [6.45, 7) is 0. The average molecular weight is 215 g/mol. The maximum absolute atomic E-state index is 6.08. The Balaban J connectivity index is 1.69. The van der Waals surface area contributed by atoms with Crippen molar-refractivity contribution in [3.8, 4) is 0 Å². The molecule has 16 heavy (non-hydrogen) atoms. The molecule has 0 amide bonds. The number of fused-ring (bicyclic) bond motifs is 1. The summed E-state index contributed by atoms with van der Waals surface area (Å²) in [5.74, 6) is 1.85. The van der Waals surface area contributed by atoms with Gasteiger partial charge in [-0.2, -0.15) is 0 Å². The first-order valence-corrected chi connectivity index (χ1v) is 6.02. The molecule has 1 aliphatic carbocycles. The molecule has 1 saturated carbocycles. The lowest BCUT2D eigenvalue weighted by Crippen LogP contribution is -2.23. The fraction of sp³-hybridized carbons (Fsp3) is 0.462. The predicted molar refractivity (Wildman–Crippen MR) is 65.1 cm³/mol. The van der Waals surface area contributed by atoms with Crippen LogP contribution in [0.15, 0.2) is 24.3 Å². The first-order valence-electron chi connectivity index (χ1n) is 6.02. The Labute approximate surface area is 95.1 Å². The van der Waals surface area contributed by atoms with E-state index >= 15 is 0 Å². The molecule has 0 saturated heterocycles. The van der Waals surface area contributed by atoms with Gasteiger partial charge in [0.1, 0.15) is 5.82 Å². The van der Waals surface area contributed by atoms with Crippen molar-refractivity contribution in [2.24, 2.45) is 11.7 Å². The third kappa shape index (κ3) is 1.95. The minimum atomic E-state index is 0.369. The number of nitrogens with one attached hydrogen (secondary N) is 1. The van der Waals surface area contributed by atoms with Crippen LogP contribution in [-0.2, 0) is 6.42 Å². The van der Waals surface area contributed by atoms with E-state index in [1.54, 1.807) is 0 Å². The summed E-state index contributed by atoms with van der Waals surface area (Å²) in [4.78, 5) is 7.90. The highest BCUT2D eigenvalue weighted by molar-refractivity contribution is 5.74. The Bertz CT molecular complexity index is 452. The van der Waals surface area contributed by atoms with Gasteiger partial charge in [0.05, 0.1) is 11.0 Å². The Morgan fingerprint density at radius 3 is 2.94 bits per heavy atom. The summed E-state index contributed by atoms with van der Waals surface area (Å²) >= 11 is 0. The van der Waals surface area contributed by atoms with E-state index in [1.165, 1.54) is 12.8 Å². The Morgan fingerprint density at radius 2 is 2.19 bits per heavy atom. The Morgan fingerprint density at radius 1 is 1.38 bits per heavy atom. The second-order valence-electron chi connectivity index (χ2n) is 4.74. The molecule has 84 valence electrons. The maximum atomic E-state index is 6.08. The van der Waals surface area contributed by atoms with Crippen LogP contribution < -0.4 is 5.73 Å². The number of aromatic amines is 1. The smallest absolute Gasteiger partial charge is 0.107 e. The molecule has 0 spiro atoms. The van der Waals surface area contributed by atoms with Gasteiger partial charge in [-0.05, 0) is 37.3 Å². The third-order valence-corrected chi connectivity index (χ3v) is 3.38. The second kappa shape index (κ2) is 3.91. The van der Waals surface area contributed by atoms with Gasteiger partial charge in [-0.15, -0.1) is 0 Å². The number of rotatable bonds is 4. The van der Waals surface area contributed by atoms with Gasteiger partial charge < -0.3 is 10.7 Å². The molecule has 1 aliphatic rings. The van der Waals surface area contributed by atoms with Crippen LogP contribution in [0, 0.1) is 5.92 Å². The minimum absolute atomic E-state index is 0.369. The van der Waals surface area contributed by atoms with Crippen LogP contribution in [0.3, 0.4) is 0 Å². The second-order valence-corrected chi connectivity index (χ2v) is 4.74. The number of hydrogen-bond acceptors (Lipinski definition) is 2. The number of benzene rings is 1. The van der Waals surface area contributed by atoms with E-state index < -0.39 is 0 Å². The highest BCUT2D eigenvalue weighted by Gasteiger charge is 2.28. The molecule has 1 aromatic carbocycles. The van der Waals surface area contributed by atoms with Crippen LogP contribution in [0.25, 0.3) is 11.0 Å². The molecule has 2 aromatic rings. The van der Waals surface area contributed by atoms with Crippen molar-refractivity contribution in [2.45, 2.75) is 31.7 Å². The van der Waals surface area contributed by atoms with Crippen molar-refractivity contribution in [2.75, 3.05) is 0 Å². The van der Waals surface area contributed by atoms with Crippen molar-refractivity contribution in [1.29, 1.82) is 0 Å². The lowest BCUT2D eigenvalue weighted by Gasteiger charge is -2.07. The fourth-order valence-electron chi connectivity index (χ4n) is 2.19. The zero-order valence-corrected chi connectivity index (χ0v) is 9.32. The monoisotopic (exact) mass is 215 g/mol. The van der Waals surface area contributed by atoms with E-state index in [9.17, 15) is 0 Å². The summed E-state index contributed by atoms with van der Waals surface area (Å²) in [7, 11) is 0. The van der Waals surface area contributed by atoms with Crippen LogP contribution in [0.2, 0.25) is 0 Å². The molecule has 1 fully saturated rings. The Hall–Kier alpha value is -1.35. The minimum Gasteiger partial charge on any atom is -0.342 e. The van der Waals surface area contributed by atoms with Gasteiger partial charge >= 0.3 is 0 Å². The lowest BCUT2D eigenvalue weighted by atomic mass is 10.1. The normalized spacial score (nSPS) is 17.8. The number of imidazole rings is 1. The van der Waals surface area contributed by atoms with Gasteiger partial charge in [-0.1, -0.05) is 12.1 Å². The molecule has 3 heteroatoms. The zero-order valence-electron chi connectivity index (χ0n) is 9.32. The molecule has 3 rings (SSSR count). The molecule has 1 atom stereocenters. The van der Waals surface area contributed by atoms with Gasteiger partial charge in [0.15, 0.2) is 0 Å². The van der Waals surface area contributed by atoms with Crippen molar-refractivity contribution in [3.63, 3.8) is 0 Å². The van der Waals surface area contributed by atoms with Gasteiger partial charge in [-0.25, -0.2) is 4.98 Å². The van der Waals surface area contributed by atoms with Crippen LogP contribution in [0.1, 0.15) is 25.1 Å². The lowest BCUT2D eigenvalue weighted by molar-refractivity contribution is 0.544. The van der Waals surface area contributed by atoms with Crippen LogP contribution in [0.5, 0.6) is 0 Å². The predicted octanol–water partition coefficient (Wildman–Crippen LogP) is 2.23. The molecular formula is C13H17N3. The van der Waals surface area contributed by atoms with Crippen molar-refractivity contribution in [3.05, 3.63) is 30.1 Å². The number of nitrogens with zero attached hydrogens (tertiary/aromatic N) is 1. The average Bonchev–Trinajstić information content (AvgIpc) is 3.06. The molecule has 1 heterocycles. The van der Waals surface area contributed by atoms with E-state index in [1.807, 2.05) is 18.2 Å². The molecule has 1 aromatic heterocycles. The molecule has 1 unspecified atom stereocenters. The van der Waals surface area contributed by atoms with E-state index in [4.69, 9.17) is 5.73 Å². The maximum Gasteiger partial charge on any atom is 0.107 e. The van der Waals surface area contributed by atoms with Gasteiger partial charge in [-0.3, -0.25) is 0 Å². The highest BCUT2D eigenvalue weighted by Crippen LogP contribution is 2.33. The van der Waals surface area contributed by atoms with Crippen molar-refractivity contribution < 1.29 is 0 Å². The molecule has 3 N–H and O–H groups in total. The number of H-pyrrole nitrogens is 1. The summed E-state index contributed by atoms with van der Waals surface area (Å²) in [5, 5.41) is 0. The van der Waals surface area contributed by atoms with E-state index in [2.05, 4.69) is 16.0 Å². The third-order valence-electron chi connectivity index (χ3n) is 3.38. The number of aromatic nitrogens is 2.